The van der Waals surface area contributed by atoms with Crippen molar-refractivity contribution < 1.29 is 9.90 Å². The Morgan fingerprint density at radius 2 is 2.26 bits per heavy atom. The fourth-order valence-corrected chi connectivity index (χ4v) is 1.51. The van der Waals surface area contributed by atoms with Crippen LogP contribution in [0.1, 0.15) is 5.56 Å². The lowest BCUT2D eigenvalue weighted by Gasteiger charge is -2.07. The molecule has 0 aliphatic rings. The normalized spacial score (nSPS) is 10.2. The van der Waals surface area contributed by atoms with Gasteiger partial charge < -0.3 is 15.7 Å². The zero-order chi connectivity index (χ0) is 13.5. The second-order valence-electron chi connectivity index (χ2n) is 3.81. The molecule has 2 heterocycles. The standard InChI is InChI=1S/C12H15N5O2/c18-7-5-14-12(19)15-9-10-2-4-13-11(8-10)17-6-1-3-16-17/h1-4,6,8,18H,5,7,9H2,(H2,14,15,19). The number of rotatable bonds is 5. The summed E-state index contributed by atoms with van der Waals surface area (Å²) in [5, 5.41) is 17.9. The second-order valence-corrected chi connectivity index (χ2v) is 3.81. The van der Waals surface area contributed by atoms with Crippen LogP contribution in [0.2, 0.25) is 0 Å². The zero-order valence-electron chi connectivity index (χ0n) is 10.3. The fourth-order valence-electron chi connectivity index (χ4n) is 1.51. The van der Waals surface area contributed by atoms with E-state index in [-0.39, 0.29) is 19.2 Å². The summed E-state index contributed by atoms with van der Waals surface area (Å²) in [6.07, 6.45) is 5.14. The molecule has 0 saturated carbocycles. The van der Waals surface area contributed by atoms with Gasteiger partial charge in [0.15, 0.2) is 5.82 Å². The van der Waals surface area contributed by atoms with E-state index in [1.54, 1.807) is 23.3 Å². The van der Waals surface area contributed by atoms with Crippen LogP contribution in [0.25, 0.3) is 5.82 Å². The minimum atomic E-state index is -0.313. The molecule has 0 saturated heterocycles. The van der Waals surface area contributed by atoms with Crippen LogP contribution in [-0.4, -0.2) is 39.1 Å². The van der Waals surface area contributed by atoms with Gasteiger partial charge in [0.2, 0.25) is 0 Å². The van der Waals surface area contributed by atoms with Crippen LogP contribution in [0.5, 0.6) is 0 Å². The Hall–Kier alpha value is -2.41. The second kappa shape index (κ2) is 6.50. The van der Waals surface area contributed by atoms with E-state index >= 15 is 0 Å². The van der Waals surface area contributed by atoms with Gasteiger partial charge in [-0.2, -0.15) is 5.10 Å². The molecule has 0 fully saturated rings. The first kappa shape index (κ1) is 13.0. The van der Waals surface area contributed by atoms with Crippen LogP contribution in [0.15, 0.2) is 36.8 Å². The molecule has 0 radical (unpaired) electrons. The average molecular weight is 261 g/mol. The highest BCUT2D eigenvalue weighted by atomic mass is 16.3. The molecule has 0 atom stereocenters. The molecule has 0 aliphatic heterocycles. The van der Waals surface area contributed by atoms with Gasteiger partial charge in [-0.3, -0.25) is 0 Å². The first-order valence-electron chi connectivity index (χ1n) is 5.87. The largest absolute Gasteiger partial charge is 0.395 e. The summed E-state index contributed by atoms with van der Waals surface area (Å²) in [5.74, 6) is 0.695. The summed E-state index contributed by atoms with van der Waals surface area (Å²) < 4.78 is 1.65. The average Bonchev–Trinajstić information content (AvgIpc) is 2.97. The number of amides is 2. The number of aromatic nitrogens is 3. The van der Waals surface area contributed by atoms with Crippen molar-refractivity contribution in [2.24, 2.45) is 0 Å². The predicted octanol–water partition coefficient (Wildman–Crippen LogP) is 0.0588. The van der Waals surface area contributed by atoms with E-state index in [1.807, 2.05) is 18.2 Å². The summed E-state index contributed by atoms with van der Waals surface area (Å²) in [6, 6.07) is 5.17. The molecule has 100 valence electrons. The van der Waals surface area contributed by atoms with Gasteiger partial charge >= 0.3 is 6.03 Å². The highest BCUT2D eigenvalue weighted by Gasteiger charge is 2.02. The molecule has 0 bridgehead atoms. The van der Waals surface area contributed by atoms with Gasteiger partial charge in [0.1, 0.15) is 0 Å². The fraction of sp³-hybridized carbons (Fsp3) is 0.250. The maximum Gasteiger partial charge on any atom is 0.315 e. The maximum atomic E-state index is 11.3. The molecule has 7 heteroatoms. The number of aliphatic hydroxyl groups excluding tert-OH is 1. The molecule has 2 amide bonds. The number of nitrogens with one attached hydrogen (secondary N) is 2. The molecule has 3 N–H and O–H groups in total. The van der Waals surface area contributed by atoms with Crippen molar-refractivity contribution >= 4 is 6.03 Å². The summed E-state index contributed by atoms with van der Waals surface area (Å²) in [4.78, 5) is 15.5. The van der Waals surface area contributed by atoms with E-state index in [0.717, 1.165) is 5.56 Å². The van der Waals surface area contributed by atoms with Crippen LogP contribution in [0, 0.1) is 0 Å². The smallest absolute Gasteiger partial charge is 0.315 e. The molecule has 0 aliphatic carbocycles. The molecule has 2 aromatic rings. The predicted molar refractivity (Wildman–Crippen MR) is 68.7 cm³/mol. The van der Waals surface area contributed by atoms with E-state index in [0.29, 0.717) is 12.4 Å². The molecule has 0 aromatic carbocycles. The van der Waals surface area contributed by atoms with Gasteiger partial charge in [0.05, 0.1) is 6.61 Å². The number of carbonyl (C=O) groups excluding carboxylic acids is 1. The van der Waals surface area contributed by atoms with E-state index in [2.05, 4.69) is 20.7 Å². The van der Waals surface area contributed by atoms with Gasteiger partial charge in [-0.05, 0) is 23.8 Å². The molecule has 2 aromatic heterocycles. The SMILES string of the molecule is O=C(NCCO)NCc1ccnc(-n2cccn2)c1. The van der Waals surface area contributed by atoms with Crippen LogP contribution in [0.4, 0.5) is 4.79 Å². The Morgan fingerprint density at radius 1 is 1.37 bits per heavy atom. The lowest BCUT2D eigenvalue weighted by Crippen LogP contribution is -2.36. The molecule has 0 spiro atoms. The van der Waals surface area contributed by atoms with E-state index in [1.165, 1.54) is 0 Å². The molecular formula is C12H15N5O2. The van der Waals surface area contributed by atoms with Gasteiger partial charge in [0.25, 0.3) is 0 Å². The van der Waals surface area contributed by atoms with Crippen LogP contribution in [-0.2, 0) is 6.54 Å². The topological polar surface area (TPSA) is 92.1 Å². The third-order valence-corrected chi connectivity index (χ3v) is 2.40. The van der Waals surface area contributed by atoms with Crippen molar-refractivity contribution in [3.8, 4) is 5.82 Å². The number of carbonyl (C=O) groups is 1. The van der Waals surface area contributed by atoms with Crippen molar-refractivity contribution in [2.45, 2.75) is 6.54 Å². The lowest BCUT2D eigenvalue weighted by atomic mass is 10.2. The number of pyridine rings is 1. The Balaban J connectivity index is 1.94. The third-order valence-electron chi connectivity index (χ3n) is 2.40. The first-order chi connectivity index (χ1) is 9.29. The highest BCUT2D eigenvalue weighted by Crippen LogP contribution is 2.05. The van der Waals surface area contributed by atoms with Gasteiger partial charge in [0, 0.05) is 31.7 Å². The van der Waals surface area contributed by atoms with Crippen molar-refractivity contribution in [1.82, 2.24) is 25.4 Å². The van der Waals surface area contributed by atoms with Crippen molar-refractivity contribution in [1.29, 1.82) is 0 Å². The minimum absolute atomic E-state index is 0.0773. The number of aliphatic hydroxyl groups is 1. The Morgan fingerprint density at radius 3 is 3.00 bits per heavy atom. The van der Waals surface area contributed by atoms with E-state index in [9.17, 15) is 4.79 Å². The number of nitrogens with zero attached hydrogens (tertiary/aromatic N) is 3. The van der Waals surface area contributed by atoms with Crippen LogP contribution >= 0.6 is 0 Å². The van der Waals surface area contributed by atoms with Crippen molar-refractivity contribution in [2.75, 3.05) is 13.2 Å². The minimum Gasteiger partial charge on any atom is -0.395 e. The Labute approximate surface area is 110 Å². The Bertz CT molecular complexity index is 527. The molecule has 7 nitrogen and oxygen atoms in total. The summed E-state index contributed by atoms with van der Waals surface area (Å²) in [5.41, 5.74) is 0.916. The first-order valence-corrected chi connectivity index (χ1v) is 5.87. The quantitative estimate of drug-likeness (QED) is 0.709. The summed E-state index contributed by atoms with van der Waals surface area (Å²) in [6.45, 7) is 0.543. The monoisotopic (exact) mass is 261 g/mol. The Kier molecular flexibility index (Phi) is 4.46. The van der Waals surface area contributed by atoms with Gasteiger partial charge in [-0.15, -0.1) is 0 Å². The number of urea groups is 1. The molecule has 19 heavy (non-hydrogen) atoms. The van der Waals surface area contributed by atoms with Crippen LogP contribution in [0.3, 0.4) is 0 Å². The van der Waals surface area contributed by atoms with Crippen molar-refractivity contribution in [3.63, 3.8) is 0 Å². The number of hydrogen-bond acceptors (Lipinski definition) is 4. The van der Waals surface area contributed by atoms with Crippen molar-refractivity contribution in [3.05, 3.63) is 42.4 Å². The zero-order valence-corrected chi connectivity index (χ0v) is 10.3. The summed E-state index contributed by atoms with van der Waals surface area (Å²) >= 11 is 0. The molecule has 0 unspecified atom stereocenters. The number of hydrogen-bond donors (Lipinski definition) is 3. The van der Waals surface area contributed by atoms with E-state index in [4.69, 9.17) is 5.11 Å². The molecule has 2 rings (SSSR count). The third kappa shape index (κ3) is 3.78. The maximum absolute atomic E-state index is 11.3. The molecular weight excluding hydrogens is 246 g/mol. The summed E-state index contributed by atoms with van der Waals surface area (Å²) in [7, 11) is 0. The van der Waals surface area contributed by atoms with Crippen LogP contribution < -0.4 is 10.6 Å². The van der Waals surface area contributed by atoms with Gasteiger partial charge in [-0.25, -0.2) is 14.5 Å². The van der Waals surface area contributed by atoms with Gasteiger partial charge in [-0.1, -0.05) is 0 Å². The highest BCUT2D eigenvalue weighted by molar-refractivity contribution is 5.73. The van der Waals surface area contributed by atoms with E-state index < -0.39 is 0 Å². The lowest BCUT2D eigenvalue weighted by molar-refractivity contribution is 0.234.